The van der Waals surface area contributed by atoms with E-state index in [0.29, 0.717) is 19.0 Å². The van der Waals surface area contributed by atoms with Gasteiger partial charge in [0.2, 0.25) is 11.8 Å². The molecule has 1 heterocycles. The van der Waals surface area contributed by atoms with Crippen LogP contribution >= 0.6 is 0 Å². The maximum atomic E-state index is 12.3. The van der Waals surface area contributed by atoms with Crippen molar-refractivity contribution in [3.63, 3.8) is 0 Å². The lowest BCUT2D eigenvalue weighted by atomic mass is 10.0. The standard InChI is InChI=1S/C22H24N2O4/c1-3-19(17-7-10-20-21(14-17)28-13-12-27-20)24-22(26)11-6-16-4-8-18(9-5-16)23-15(2)25/h4-11,14,19H,3,12-13H2,1-2H3,(H,23,25)(H,24,26). The van der Waals surface area contributed by atoms with Crippen molar-refractivity contribution in [2.24, 2.45) is 0 Å². The van der Waals surface area contributed by atoms with E-state index in [4.69, 9.17) is 9.47 Å². The lowest BCUT2D eigenvalue weighted by Gasteiger charge is -2.22. The van der Waals surface area contributed by atoms with Gasteiger partial charge >= 0.3 is 0 Å². The highest BCUT2D eigenvalue weighted by molar-refractivity contribution is 5.92. The van der Waals surface area contributed by atoms with E-state index in [9.17, 15) is 9.59 Å². The van der Waals surface area contributed by atoms with Gasteiger partial charge in [0.05, 0.1) is 6.04 Å². The van der Waals surface area contributed by atoms with E-state index in [2.05, 4.69) is 10.6 Å². The number of fused-ring (bicyclic) bond motifs is 1. The van der Waals surface area contributed by atoms with Gasteiger partial charge < -0.3 is 20.1 Å². The van der Waals surface area contributed by atoms with E-state index in [1.807, 2.05) is 37.3 Å². The Morgan fingerprint density at radius 3 is 2.46 bits per heavy atom. The van der Waals surface area contributed by atoms with E-state index < -0.39 is 0 Å². The third-order valence-corrected chi connectivity index (χ3v) is 4.35. The maximum Gasteiger partial charge on any atom is 0.244 e. The zero-order valence-corrected chi connectivity index (χ0v) is 16.0. The molecule has 0 fully saturated rings. The summed E-state index contributed by atoms with van der Waals surface area (Å²) in [5, 5.41) is 5.73. The lowest BCUT2D eigenvalue weighted by Crippen LogP contribution is -2.26. The largest absolute Gasteiger partial charge is 0.486 e. The predicted octanol–water partition coefficient (Wildman–Crippen LogP) is 3.70. The number of hydrogen-bond acceptors (Lipinski definition) is 4. The Bertz CT molecular complexity index is 875. The maximum absolute atomic E-state index is 12.3. The molecule has 0 aromatic heterocycles. The first kappa shape index (κ1) is 19.5. The Kier molecular flexibility index (Phi) is 6.32. The number of ether oxygens (including phenoxy) is 2. The van der Waals surface area contributed by atoms with Crippen LogP contribution in [-0.4, -0.2) is 25.0 Å². The van der Waals surface area contributed by atoms with Crippen LogP contribution in [-0.2, 0) is 9.59 Å². The van der Waals surface area contributed by atoms with Gasteiger partial charge in [0.1, 0.15) is 13.2 Å². The first-order chi connectivity index (χ1) is 13.5. The molecule has 0 spiro atoms. The molecular weight excluding hydrogens is 356 g/mol. The summed E-state index contributed by atoms with van der Waals surface area (Å²) in [6.07, 6.45) is 4.00. The summed E-state index contributed by atoms with van der Waals surface area (Å²) >= 11 is 0. The smallest absolute Gasteiger partial charge is 0.244 e. The monoisotopic (exact) mass is 380 g/mol. The van der Waals surface area contributed by atoms with Gasteiger partial charge in [0.25, 0.3) is 0 Å². The topological polar surface area (TPSA) is 76.7 Å². The Morgan fingerprint density at radius 2 is 1.79 bits per heavy atom. The van der Waals surface area contributed by atoms with Crippen LogP contribution in [0.3, 0.4) is 0 Å². The molecule has 146 valence electrons. The summed E-state index contributed by atoms with van der Waals surface area (Å²) in [5.41, 5.74) is 2.57. The minimum atomic E-state index is -0.173. The highest BCUT2D eigenvalue weighted by atomic mass is 16.6. The van der Waals surface area contributed by atoms with Crippen LogP contribution in [0.4, 0.5) is 5.69 Å². The van der Waals surface area contributed by atoms with Gasteiger partial charge in [0.15, 0.2) is 11.5 Å². The van der Waals surface area contributed by atoms with Crippen molar-refractivity contribution in [2.75, 3.05) is 18.5 Å². The van der Waals surface area contributed by atoms with Crippen molar-refractivity contribution in [1.82, 2.24) is 5.32 Å². The van der Waals surface area contributed by atoms with E-state index in [-0.39, 0.29) is 17.9 Å². The van der Waals surface area contributed by atoms with Gasteiger partial charge in [0, 0.05) is 18.7 Å². The van der Waals surface area contributed by atoms with Crippen LogP contribution in [0.25, 0.3) is 6.08 Å². The van der Waals surface area contributed by atoms with E-state index in [1.165, 1.54) is 13.0 Å². The number of benzene rings is 2. The van der Waals surface area contributed by atoms with E-state index in [1.54, 1.807) is 18.2 Å². The van der Waals surface area contributed by atoms with Gasteiger partial charge in [-0.05, 0) is 47.9 Å². The second-order valence-electron chi connectivity index (χ2n) is 6.51. The average Bonchev–Trinajstić information content (AvgIpc) is 2.70. The molecule has 28 heavy (non-hydrogen) atoms. The van der Waals surface area contributed by atoms with Crippen LogP contribution in [0, 0.1) is 0 Å². The number of rotatable bonds is 6. The molecule has 0 bridgehead atoms. The lowest BCUT2D eigenvalue weighted by molar-refractivity contribution is -0.117. The summed E-state index contributed by atoms with van der Waals surface area (Å²) in [6.45, 7) is 4.57. The normalized spacial score (nSPS) is 13.8. The van der Waals surface area contributed by atoms with E-state index >= 15 is 0 Å². The van der Waals surface area contributed by atoms with Crippen LogP contribution in [0.5, 0.6) is 11.5 Å². The highest BCUT2D eigenvalue weighted by Gasteiger charge is 2.16. The first-order valence-electron chi connectivity index (χ1n) is 9.31. The zero-order chi connectivity index (χ0) is 19.9. The molecule has 1 aliphatic heterocycles. The quantitative estimate of drug-likeness (QED) is 0.749. The number of amides is 2. The number of anilines is 1. The van der Waals surface area contributed by atoms with Crippen molar-refractivity contribution < 1.29 is 19.1 Å². The Hall–Kier alpha value is -3.28. The Labute approximate surface area is 164 Å². The fourth-order valence-electron chi connectivity index (χ4n) is 2.97. The van der Waals surface area contributed by atoms with Crippen molar-refractivity contribution >= 4 is 23.6 Å². The summed E-state index contributed by atoms with van der Waals surface area (Å²) in [6, 6.07) is 12.9. The first-order valence-corrected chi connectivity index (χ1v) is 9.31. The fourth-order valence-corrected chi connectivity index (χ4v) is 2.97. The van der Waals surface area contributed by atoms with E-state index in [0.717, 1.165) is 29.0 Å². The zero-order valence-electron chi connectivity index (χ0n) is 16.0. The minimum absolute atomic E-state index is 0.116. The number of carbonyl (C=O) groups is 2. The number of carbonyl (C=O) groups excluding carboxylic acids is 2. The summed E-state index contributed by atoms with van der Waals surface area (Å²) < 4.78 is 11.2. The molecule has 1 atom stereocenters. The SMILES string of the molecule is CCC(NC(=O)C=Cc1ccc(NC(C)=O)cc1)c1ccc2c(c1)OCCO2. The van der Waals surface area contributed by atoms with Crippen molar-refractivity contribution in [3.05, 3.63) is 59.7 Å². The molecule has 0 saturated heterocycles. The Morgan fingerprint density at radius 1 is 1.07 bits per heavy atom. The molecule has 6 heteroatoms. The van der Waals surface area contributed by atoms with Gasteiger partial charge in [-0.25, -0.2) is 0 Å². The molecule has 1 unspecified atom stereocenters. The highest BCUT2D eigenvalue weighted by Crippen LogP contribution is 2.33. The van der Waals surface area contributed by atoms with Crippen LogP contribution in [0.1, 0.15) is 37.4 Å². The third-order valence-electron chi connectivity index (χ3n) is 4.35. The molecule has 2 aromatic carbocycles. The molecule has 2 amide bonds. The predicted molar refractivity (Wildman–Crippen MR) is 108 cm³/mol. The van der Waals surface area contributed by atoms with Crippen LogP contribution < -0.4 is 20.1 Å². The molecule has 2 aromatic rings. The summed E-state index contributed by atoms with van der Waals surface area (Å²) in [7, 11) is 0. The van der Waals surface area contributed by atoms with Gasteiger partial charge in [-0.3, -0.25) is 9.59 Å². The van der Waals surface area contributed by atoms with Crippen molar-refractivity contribution in [3.8, 4) is 11.5 Å². The number of hydrogen-bond donors (Lipinski definition) is 2. The molecule has 3 rings (SSSR count). The van der Waals surface area contributed by atoms with Crippen molar-refractivity contribution in [2.45, 2.75) is 26.3 Å². The fraction of sp³-hybridized carbons (Fsp3) is 0.273. The van der Waals surface area contributed by atoms with Crippen LogP contribution in [0.15, 0.2) is 48.5 Å². The molecule has 0 radical (unpaired) electrons. The average molecular weight is 380 g/mol. The second-order valence-corrected chi connectivity index (χ2v) is 6.51. The Balaban J connectivity index is 1.62. The second kappa shape index (κ2) is 9.08. The molecule has 0 aliphatic carbocycles. The van der Waals surface area contributed by atoms with Gasteiger partial charge in [-0.15, -0.1) is 0 Å². The molecule has 0 saturated carbocycles. The van der Waals surface area contributed by atoms with Crippen LogP contribution in [0.2, 0.25) is 0 Å². The molecule has 2 N–H and O–H groups in total. The van der Waals surface area contributed by atoms with Crippen molar-refractivity contribution in [1.29, 1.82) is 0 Å². The van der Waals surface area contributed by atoms with Gasteiger partial charge in [-0.1, -0.05) is 25.1 Å². The molecule has 1 aliphatic rings. The third kappa shape index (κ3) is 5.13. The van der Waals surface area contributed by atoms with Gasteiger partial charge in [-0.2, -0.15) is 0 Å². The molecule has 6 nitrogen and oxygen atoms in total. The minimum Gasteiger partial charge on any atom is -0.486 e. The summed E-state index contributed by atoms with van der Waals surface area (Å²) in [4.78, 5) is 23.4. The number of nitrogens with one attached hydrogen (secondary N) is 2. The summed E-state index contributed by atoms with van der Waals surface area (Å²) in [5.74, 6) is 1.16. The molecular formula is C22H24N2O4.